The molecule has 0 spiro atoms. The minimum Gasteiger partial charge on any atom is -0.493 e. The zero-order chi connectivity index (χ0) is 24.5. The van der Waals surface area contributed by atoms with Gasteiger partial charge < -0.3 is 14.8 Å². The van der Waals surface area contributed by atoms with Gasteiger partial charge in [0.15, 0.2) is 11.5 Å². The lowest BCUT2D eigenvalue weighted by Gasteiger charge is -2.10. The third-order valence-electron chi connectivity index (χ3n) is 4.38. The SMILES string of the molecule is COc1cc(/C=N/NC(=O)CNC(=O)c2cccc(F)c2)ccc1OC(=O)c1ccccc1I. The molecule has 0 bridgehead atoms. The lowest BCUT2D eigenvalue weighted by molar-refractivity contribution is -0.120. The maximum absolute atomic E-state index is 13.2. The van der Waals surface area contributed by atoms with Gasteiger partial charge in [0.05, 0.1) is 25.4 Å². The number of amides is 2. The zero-order valence-corrected chi connectivity index (χ0v) is 20.0. The van der Waals surface area contributed by atoms with E-state index in [1.165, 1.54) is 31.5 Å². The number of rotatable bonds is 8. The first-order chi connectivity index (χ1) is 16.4. The molecule has 0 aliphatic rings. The molecule has 0 heterocycles. The van der Waals surface area contributed by atoms with Crippen molar-refractivity contribution in [3.8, 4) is 11.5 Å². The molecule has 34 heavy (non-hydrogen) atoms. The van der Waals surface area contributed by atoms with Gasteiger partial charge in [0.25, 0.3) is 11.8 Å². The number of carbonyl (C=O) groups excluding carboxylic acids is 3. The summed E-state index contributed by atoms with van der Waals surface area (Å²) >= 11 is 2.05. The molecular weight excluding hydrogens is 556 g/mol. The number of hydrogen-bond donors (Lipinski definition) is 2. The highest BCUT2D eigenvalue weighted by Gasteiger charge is 2.15. The van der Waals surface area contributed by atoms with Crippen molar-refractivity contribution in [3.05, 3.63) is 92.8 Å². The molecule has 2 N–H and O–H groups in total. The normalized spacial score (nSPS) is 10.6. The molecule has 8 nitrogen and oxygen atoms in total. The Kier molecular flexibility index (Phi) is 8.68. The second-order valence-electron chi connectivity index (χ2n) is 6.77. The summed E-state index contributed by atoms with van der Waals surface area (Å²) in [6.07, 6.45) is 1.36. The predicted octanol–water partition coefficient (Wildman–Crippen LogP) is 3.54. The van der Waals surface area contributed by atoms with Crippen molar-refractivity contribution < 1.29 is 28.2 Å². The fraction of sp³-hybridized carbons (Fsp3) is 0.0833. The molecule has 0 saturated carbocycles. The molecule has 0 aliphatic heterocycles. The Balaban J connectivity index is 1.55. The Morgan fingerprint density at radius 3 is 2.56 bits per heavy atom. The maximum atomic E-state index is 13.2. The van der Waals surface area contributed by atoms with Gasteiger partial charge in [-0.25, -0.2) is 14.6 Å². The van der Waals surface area contributed by atoms with Crippen LogP contribution in [0.15, 0.2) is 71.8 Å². The van der Waals surface area contributed by atoms with Crippen molar-refractivity contribution in [2.24, 2.45) is 5.10 Å². The van der Waals surface area contributed by atoms with Crippen LogP contribution in [0.1, 0.15) is 26.3 Å². The van der Waals surface area contributed by atoms with E-state index >= 15 is 0 Å². The topological polar surface area (TPSA) is 106 Å². The third-order valence-corrected chi connectivity index (χ3v) is 5.32. The fourth-order valence-electron chi connectivity index (χ4n) is 2.74. The first-order valence-electron chi connectivity index (χ1n) is 9.88. The summed E-state index contributed by atoms with van der Waals surface area (Å²) < 4.78 is 24.7. The van der Waals surface area contributed by atoms with Crippen LogP contribution in [-0.2, 0) is 4.79 Å². The molecule has 0 saturated heterocycles. The molecular formula is C24H19FIN3O5. The number of methoxy groups -OCH3 is 1. The van der Waals surface area contributed by atoms with E-state index in [2.05, 4.69) is 38.4 Å². The lowest BCUT2D eigenvalue weighted by Crippen LogP contribution is -2.34. The molecule has 3 aromatic carbocycles. The molecule has 3 rings (SSSR count). The monoisotopic (exact) mass is 575 g/mol. The van der Waals surface area contributed by atoms with Gasteiger partial charge in [0.1, 0.15) is 5.82 Å². The summed E-state index contributed by atoms with van der Waals surface area (Å²) in [6, 6.07) is 16.9. The minimum absolute atomic E-state index is 0.103. The van der Waals surface area contributed by atoms with E-state index in [9.17, 15) is 18.8 Å². The average molecular weight is 575 g/mol. The molecule has 174 valence electrons. The van der Waals surface area contributed by atoms with E-state index in [-0.39, 0.29) is 17.9 Å². The molecule has 0 aliphatic carbocycles. The molecule has 0 radical (unpaired) electrons. The van der Waals surface area contributed by atoms with Crippen LogP contribution < -0.4 is 20.2 Å². The first-order valence-corrected chi connectivity index (χ1v) is 11.0. The Morgan fingerprint density at radius 1 is 1.03 bits per heavy atom. The zero-order valence-electron chi connectivity index (χ0n) is 17.9. The number of ether oxygens (including phenoxy) is 2. The van der Waals surface area contributed by atoms with Crippen molar-refractivity contribution >= 4 is 46.6 Å². The summed E-state index contributed by atoms with van der Waals surface area (Å²) in [4.78, 5) is 36.3. The van der Waals surface area contributed by atoms with E-state index < -0.39 is 23.6 Å². The number of nitrogens with one attached hydrogen (secondary N) is 2. The van der Waals surface area contributed by atoms with Crippen LogP contribution in [0.2, 0.25) is 0 Å². The highest BCUT2D eigenvalue weighted by molar-refractivity contribution is 14.1. The quantitative estimate of drug-likeness (QED) is 0.141. The van der Waals surface area contributed by atoms with E-state index in [0.717, 1.165) is 9.64 Å². The van der Waals surface area contributed by atoms with Crippen LogP contribution in [-0.4, -0.2) is 37.7 Å². The molecule has 10 heteroatoms. The van der Waals surface area contributed by atoms with Crippen LogP contribution in [0.3, 0.4) is 0 Å². The Hall–Kier alpha value is -3.80. The number of hydrogen-bond acceptors (Lipinski definition) is 6. The fourth-order valence-corrected chi connectivity index (χ4v) is 3.35. The van der Waals surface area contributed by atoms with Gasteiger partial charge in [-0.15, -0.1) is 0 Å². The number of carbonyl (C=O) groups is 3. The van der Waals surface area contributed by atoms with E-state index in [4.69, 9.17) is 9.47 Å². The number of hydrazone groups is 1. The second kappa shape index (κ2) is 11.9. The molecule has 0 fully saturated rings. The predicted molar refractivity (Wildman–Crippen MR) is 132 cm³/mol. The Labute approximate surface area is 208 Å². The summed E-state index contributed by atoms with van der Waals surface area (Å²) in [7, 11) is 1.43. The van der Waals surface area contributed by atoms with Crippen LogP contribution in [0.5, 0.6) is 11.5 Å². The summed E-state index contributed by atoms with van der Waals surface area (Å²) in [5.41, 5.74) is 3.38. The standard InChI is InChI=1S/C24H19FIN3O5/c1-33-21-11-15(9-10-20(21)34-24(32)18-7-2-3-8-19(18)26)13-28-29-22(30)14-27-23(31)16-5-4-6-17(25)12-16/h2-13H,14H2,1H3,(H,27,31)(H,29,30)/b28-13+. The van der Waals surface area contributed by atoms with Gasteiger partial charge in [-0.2, -0.15) is 5.10 Å². The van der Waals surface area contributed by atoms with Crippen LogP contribution in [0.4, 0.5) is 4.39 Å². The van der Waals surface area contributed by atoms with Gasteiger partial charge in [0.2, 0.25) is 0 Å². The second-order valence-corrected chi connectivity index (χ2v) is 7.93. The van der Waals surface area contributed by atoms with Gasteiger partial charge in [0, 0.05) is 9.13 Å². The average Bonchev–Trinajstić information content (AvgIpc) is 2.83. The Morgan fingerprint density at radius 2 is 1.82 bits per heavy atom. The van der Waals surface area contributed by atoms with Crippen LogP contribution in [0.25, 0.3) is 0 Å². The first kappa shape index (κ1) is 24.8. The van der Waals surface area contributed by atoms with Crippen molar-refractivity contribution in [1.82, 2.24) is 10.7 Å². The smallest absolute Gasteiger partial charge is 0.344 e. The summed E-state index contributed by atoms with van der Waals surface area (Å²) in [6.45, 7) is -0.344. The minimum atomic E-state index is -0.585. The Bertz CT molecular complexity index is 1250. The van der Waals surface area contributed by atoms with Gasteiger partial charge in [-0.1, -0.05) is 18.2 Å². The summed E-state index contributed by atoms with van der Waals surface area (Å²) in [5.74, 6) is -1.69. The van der Waals surface area contributed by atoms with Crippen molar-refractivity contribution in [2.75, 3.05) is 13.7 Å². The van der Waals surface area contributed by atoms with Crippen molar-refractivity contribution in [3.63, 3.8) is 0 Å². The molecule has 0 aromatic heterocycles. The summed E-state index contributed by atoms with van der Waals surface area (Å²) in [5, 5.41) is 6.21. The van der Waals surface area contributed by atoms with Crippen LogP contribution in [0, 0.1) is 9.39 Å². The highest BCUT2D eigenvalue weighted by Crippen LogP contribution is 2.28. The lowest BCUT2D eigenvalue weighted by atomic mass is 10.2. The molecule has 0 atom stereocenters. The maximum Gasteiger partial charge on any atom is 0.344 e. The largest absolute Gasteiger partial charge is 0.493 e. The third kappa shape index (κ3) is 6.85. The number of esters is 1. The number of benzene rings is 3. The van der Waals surface area contributed by atoms with E-state index in [1.807, 2.05) is 6.07 Å². The van der Waals surface area contributed by atoms with Crippen molar-refractivity contribution in [2.45, 2.75) is 0 Å². The number of nitrogens with zero attached hydrogens (tertiary/aromatic N) is 1. The highest BCUT2D eigenvalue weighted by atomic mass is 127. The van der Waals surface area contributed by atoms with Crippen molar-refractivity contribution in [1.29, 1.82) is 0 Å². The molecule has 2 amide bonds. The van der Waals surface area contributed by atoms with Gasteiger partial charge >= 0.3 is 5.97 Å². The van der Waals surface area contributed by atoms with Crippen LogP contribution >= 0.6 is 22.6 Å². The van der Waals surface area contributed by atoms with E-state index in [1.54, 1.807) is 36.4 Å². The molecule has 0 unspecified atom stereocenters. The van der Waals surface area contributed by atoms with Gasteiger partial charge in [-0.3, -0.25) is 9.59 Å². The number of halogens is 2. The van der Waals surface area contributed by atoms with Gasteiger partial charge in [-0.05, 0) is 76.7 Å². The molecule has 3 aromatic rings. The van der Waals surface area contributed by atoms with E-state index in [0.29, 0.717) is 16.9 Å².